The quantitative estimate of drug-likeness (QED) is 0.478. The Bertz CT molecular complexity index is 1500. The highest BCUT2D eigenvalue weighted by molar-refractivity contribution is 6.06. The first-order chi connectivity index (χ1) is 20.4. The van der Waals surface area contributed by atoms with E-state index in [4.69, 9.17) is 0 Å². The average Bonchev–Trinajstić information content (AvgIpc) is 3.32. The summed E-state index contributed by atoms with van der Waals surface area (Å²) in [7, 11) is 0. The molecule has 3 saturated heterocycles. The summed E-state index contributed by atoms with van der Waals surface area (Å²) in [6.07, 6.45) is 2.63. The van der Waals surface area contributed by atoms with E-state index in [9.17, 15) is 19.2 Å². The Morgan fingerprint density at radius 3 is 2.12 bits per heavy atom. The standard InChI is InChI=1S/C34H34N4O4/c39-29-14-13-28(31(40)35-29)38-20-26-19-25(11-12-27(26)33(38)42)32(41)37-21-34(22-37)15-17-36(18-16-34)30(23-7-3-1-4-8-23)24-9-5-2-6-10-24/h1-12,19,28,30H,13-18,20-22H2,(H,35,39,40). The SMILES string of the molecule is O=C1CCC(N2Cc3cc(C(=O)N4CC5(CCN(C(c6ccccc6)c6ccccc6)CC5)C4)ccc3C2=O)C(=O)N1. The monoisotopic (exact) mass is 562 g/mol. The molecule has 1 atom stereocenters. The van der Waals surface area contributed by atoms with Crippen molar-refractivity contribution in [3.8, 4) is 0 Å². The largest absolute Gasteiger partial charge is 0.337 e. The molecule has 3 fully saturated rings. The van der Waals surface area contributed by atoms with Crippen molar-refractivity contribution in [2.24, 2.45) is 5.41 Å². The van der Waals surface area contributed by atoms with Crippen LogP contribution in [-0.2, 0) is 16.1 Å². The number of imide groups is 1. The molecule has 4 aliphatic rings. The van der Waals surface area contributed by atoms with E-state index >= 15 is 0 Å². The third-order valence-electron chi connectivity index (χ3n) is 9.56. The van der Waals surface area contributed by atoms with Gasteiger partial charge >= 0.3 is 0 Å². The molecule has 0 saturated carbocycles. The number of nitrogens with one attached hydrogen (secondary N) is 1. The zero-order chi connectivity index (χ0) is 28.8. The van der Waals surface area contributed by atoms with E-state index in [1.165, 1.54) is 16.0 Å². The van der Waals surface area contributed by atoms with Crippen LogP contribution in [0.2, 0.25) is 0 Å². The Morgan fingerprint density at radius 1 is 0.857 bits per heavy atom. The van der Waals surface area contributed by atoms with Gasteiger partial charge in [-0.2, -0.15) is 0 Å². The third kappa shape index (κ3) is 4.69. The van der Waals surface area contributed by atoms with Crippen molar-refractivity contribution in [1.82, 2.24) is 20.0 Å². The molecule has 214 valence electrons. The second kappa shape index (κ2) is 10.5. The number of hydrogen-bond acceptors (Lipinski definition) is 5. The van der Waals surface area contributed by atoms with Crippen molar-refractivity contribution in [1.29, 1.82) is 0 Å². The molecular formula is C34H34N4O4. The van der Waals surface area contributed by atoms with Gasteiger partial charge in [-0.25, -0.2) is 0 Å². The first kappa shape index (κ1) is 26.6. The number of hydrogen-bond donors (Lipinski definition) is 1. The summed E-state index contributed by atoms with van der Waals surface area (Å²) in [5, 5.41) is 2.33. The summed E-state index contributed by atoms with van der Waals surface area (Å²) in [5.74, 6) is -0.973. The molecule has 8 heteroatoms. The molecule has 8 nitrogen and oxygen atoms in total. The van der Waals surface area contributed by atoms with E-state index < -0.39 is 11.9 Å². The zero-order valence-corrected chi connectivity index (χ0v) is 23.5. The molecule has 0 radical (unpaired) electrons. The fourth-order valence-electron chi connectivity index (χ4n) is 7.25. The van der Waals surface area contributed by atoms with Gasteiger partial charge in [-0.1, -0.05) is 60.7 Å². The maximum Gasteiger partial charge on any atom is 0.255 e. The van der Waals surface area contributed by atoms with E-state index in [1.807, 2.05) is 4.90 Å². The van der Waals surface area contributed by atoms with Crippen LogP contribution in [0.25, 0.3) is 0 Å². The third-order valence-corrected chi connectivity index (χ3v) is 9.56. The lowest BCUT2D eigenvalue weighted by atomic mass is 9.71. The topological polar surface area (TPSA) is 90.0 Å². The number of fused-ring (bicyclic) bond motifs is 1. The molecule has 3 aromatic carbocycles. The fourth-order valence-corrected chi connectivity index (χ4v) is 7.25. The number of nitrogens with zero attached hydrogens (tertiary/aromatic N) is 3. The summed E-state index contributed by atoms with van der Waals surface area (Å²) in [4.78, 5) is 56.4. The van der Waals surface area contributed by atoms with Gasteiger partial charge in [-0.3, -0.25) is 29.4 Å². The summed E-state index contributed by atoms with van der Waals surface area (Å²) in [5.41, 5.74) is 4.61. The number of carbonyl (C=O) groups excluding carboxylic acids is 4. The molecule has 42 heavy (non-hydrogen) atoms. The van der Waals surface area contributed by atoms with Crippen molar-refractivity contribution in [3.05, 3.63) is 107 Å². The summed E-state index contributed by atoms with van der Waals surface area (Å²) >= 11 is 0. The van der Waals surface area contributed by atoms with Gasteiger partial charge in [0.15, 0.2) is 0 Å². The molecule has 0 aliphatic carbocycles. The maximum absolute atomic E-state index is 13.5. The fraction of sp³-hybridized carbons (Fsp3) is 0.353. The molecule has 4 heterocycles. The predicted molar refractivity (Wildman–Crippen MR) is 156 cm³/mol. The summed E-state index contributed by atoms with van der Waals surface area (Å²) in [6, 6.07) is 26.2. The van der Waals surface area contributed by atoms with Crippen molar-refractivity contribution >= 4 is 23.6 Å². The van der Waals surface area contributed by atoms with Crippen LogP contribution in [0.4, 0.5) is 0 Å². The van der Waals surface area contributed by atoms with Crippen molar-refractivity contribution < 1.29 is 19.2 Å². The van der Waals surface area contributed by atoms with Gasteiger partial charge in [0.05, 0.1) is 6.04 Å². The smallest absolute Gasteiger partial charge is 0.255 e. The van der Waals surface area contributed by atoms with Crippen LogP contribution in [0.1, 0.15) is 69.1 Å². The number of likely N-dealkylation sites (tertiary alicyclic amines) is 2. The molecule has 1 unspecified atom stereocenters. The van der Waals surface area contributed by atoms with Crippen LogP contribution in [-0.4, -0.2) is 70.5 Å². The Labute approximate surface area is 245 Å². The highest BCUT2D eigenvalue weighted by Gasteiger charge is 2.48. The minimum absolute atomic E-state index is 0.00999. The zero-order valence-electron chi connectivity index (χ0n) is 23.5. The molecule has 4 amide bonds. The number of benzene rings is 3. The first-order valence-electron chi connectivity index (χ1n) is 14.8. The van der Waals surface area contributed by atoms with E-state index in [0.717, 1.165) is 44.6 Å². The first-order valence-corrected chi connectivity index (χ1v) is 14.8. The molecule has 1 N–H and O–H groups in total. The highest BCUT2D eigenvalue weighted by Crippen LogP contribution is 2.44. The summed E-state index contributed by atoms with van der Waals surface area (Å²) in [6.45, 7) is 3.73. The lowest BCUT2D eigenvalue weighted by molar-refractivity contribution is -0.136. The van der Waals surface area contributed by atoms with Crippen LogP contribution >= 0.6 is 0 Å². The van der Waals surface area contributed by atoms with Crippen LogP contribution in [0.5, 0.6) is 0 Å². The number of carbonyl (C=O) groups is 4. The summed E-state index contributed by atoms with van der Waals surface area (Å²) < 4.78 is 0. The van der Waals surface area contributed by atoms with Crippen molar-refractivity contribution in [2.45, 2.75) is 44.3 Å². The molecule has 0 aromatic heterocycles. The Kier molecular flexibility index (Phi) is 6.66. The molecular weight excluding hydrogens is 528 g/mol. The lowest BCUT2D eigenvalue weighted by Gasteiger charge is -2.55. The predicted octanol–water partition coefficient (Wildman–Crippen LogP) is 3.78. The normalized spacial score (nSPS) is 21.8. The van der Waals surface area contributed by atoms with E-state index in [1.54, 1.807) is 18.2 Å². The Morgan fingerprint density at radius 2 is 1.50 bits per heavy atom. The van der Waals surface area contributed by atoms with Gasteiger partial charge in [0, 0.05) is 42.6 Å². The average molecular weight is 563 g/mol. The molecule has 1 spiro atoms. The van der Waals surface area contributed by atoms with Gasteiger partial charge in [0.2, 0.25) is 11.8 Å². The highest BCUT2D eigenvalue weighted by atomic mass is 16.2. The second-order valence-corrected chi connectivity index (χ2v) is 12.2. The van der Waals surface area contributed by atoms with Crippen molar-refractivity contribution in [2.75, 3.05) is 26.2 Å². The van der Waals surface area contributed by atoms with Crippen LogP contribution in [0.15, 0.2) is 78.9 Å². The number of piperidine rings is 2. The Hall–Kier alpha value is -4.30. The van der Waals surface area contributed by atoms with Gasteiger partial charge in [0.1, 0.15) is 6.04 Å². The minimum Gasteiger partial charge on any atom is -0.337 e. The molecule has 3 aromatic rings. The second-order valence-electron chi connectivity index (χ2n) is 12.2. The lowest BCUT2D eigenvalue weighted by Crippen LogP contribution is -2.62. The van der Waals surface area contributed by atoms with Crippen LogP contribution in [0.3, 0.4) is 0 Å². The van der Waals surface area contributed by atoms with Crippen LogP contribution < -0.4 is 5.32 Å². The van der Waals surface area contributed by atoms with E-state index in [0.29, 0.717) is 17.5 Å². The maximum atomic E-state index is 13.5. The minimum atomic E-state index is -0.661. The van der Waals surface area contributed by atoms with Crippen molar-refractivity contribution in [3.63, 3.8) is 0 Å². The van der Waals surface area contributed by atoms with Gasteiger partial charge in [-0.15, -0.1) is 0 Å². The molecule has 4 aliphatic heterocycles. The van der Waals surface area contributed by atoms with Crippen LogP contribution in [0, 0.1) is 5.41 Å². The number of amides is 4. The van der Waals surface area contributed by atoms with E-state index in [-0.39, 0.29) is 42.1 Å². The van der Waals surface area contributed by atoms with E-state index in [2.05, 4.69) is 70.9 Å². The van der Waals surface area contributed by atoms with Gasteiger partial charge < -0.3 is 9.80 Å². The Balaban J connectivity index is 0.992. The number of rotatable bonds is 5. The molecule has 7 rings (SSSR count). The molecule has 0 bridgehead atoms. The van der Waals surface area contributed by atoms with Gasteiger partial charge in [0.25, 0.3) is 11.8 Å². The van der Waals surface area contributed by atoms with Gasteiger partial charge in [-0.05, 0) is 67.2 Å².